The second-order valence-electron chi connectivity index (χ2n) is 3.83. The number of hydrogen-bond donors (Lipinski definition) is 1. The molecule has 1 aromatic heterocycles. The summed E-state index contributed by atoms with van der Waals surface area (Å²) in [4.78, 5) is 3.97. The largest absolute Gasteiger partial charge is 0.370 e. The fourth-order valence-electron chi connectivity index (χ4n) is 2.06. The van der Waals surface area contributed by atoms with Crippen LogP contribution in [0, 0.1) is 11.3 Å². The lowest BCUT2D eigenvalue weighted by Gasteiger charge is -2.14. The SMILES string of the molecule is CCNc1nc(Cl)c(C#N)c2c1CCC2(F)F. The summed E-state index contributed by atoms with van der Waals surface area (Å²) in [6.07, 6.45) is -0.0824. The molecule has 0 saturated heterocycles. The van der Waals surface area contributed by atoms with Gasteiger partial charge in [-0.15, -0.1) is 0 Å². The van der Waals surface area contributed by atoms with Crippen molar-refractivity contribution in [2.45, 2.75) is 25.7 Å². The van der Waals surface area contributed by atoms with Gasteiger partial charge in [0.1, 0.15) is 17.0 Å². The van der Waals surface area contributed by atoms with Crippen molar-refractivity contribution in [1.29, 1.82) is 5.26 Å². The highest BCUT2D eigenvalue weighted by Crippen LogP contribution is 2.46. The van der Waals surface area contributed by atoms with E-state index in [4.69, 9.17) is 16.9 Å². The molecule has 0 radical (unpaired) electrons. The standard InChI is InChI=1S/C11H10ClF2N3/c1-2-16-10-6-3-4-11(13,14)8(6)7(5-15)9(12)17-10/h2-4H2,1H3,(H,16,17). The first-order valence-electron chi connectivity index (χ1n) is 5.26. The van der Waals surface area contributed by atoms with Crippen LogP contribution in [-0.4, -0.2) is 11.5 Å². The monoisotopic (exact) mass is 257 g/mol. The van der Waals surface area contributed by atoms with E-state index in [1.165, 1.54) is 0 Å². The number of fused-ring (bicyclic) bond motifs is 1. The Labute approximate surface area is 102 Å². The molecule has 6 heteroatoms. The minimum atomic E-state index is -2.99. The van der Waals surface area contributed by atoms with Gasteiger partial charge in [-0.05, 0) is 13.3 Å². The summed E-state index contributed by atoms with van der Waals surface area (Å²) >= 11 is 5.77. The molecular formula is C11H10ClF2N3. The Morgan fingerprint density at radius 1 is 1.59 bits per heavy atom. The number of alkyl halides is 2. The summed E-state index contributed by atoms with van der Waals surface area (Å²) in [6, 6.07) is 1.72. The highest BCUT2D eigenvalue weighted by molar-refractivity contribution is 6.30. The second kappa shape index (κ2) is 4.11. The van der Waals surface area contributed by atoms with Crippen LogP contribution in [0.1, 0.15) is 30.0 Å². The minimum Gasteiger partial charge on any atom is -0.370 e. The molecule has 17 heavy (non-hydrogen) atoms. The maximum absolute atomic E-state index is 13.7. The lowest BCUT2D eigenvalue weighted by Crippen LogP contribution is -2.12. The van der Waals surface area contributed by atoms with Crippen LogP contribution in [0.4, 0.5) is 14.6 Å². The van der Waals surface area contributed by atoms with E-state index in [1.807, 2.05) is 6.92 Å². The highest BCUT2D eigenvalue weighted by Gasteiger charge is 2.44. The summed E-state index contributed by atoms with van der Waals surface area (Å²) in [5.74, 6) is -2.62. The van der Waals surface area contributed by atoms with Gasteiger partial charge in [0, 0.05) is 24.1 Å². The lowest BCUT2D eigenvalue weighted by atomic mass is 10.0. The van der Waals surface area contributed by atoms with E-state index < -0.39 is 5.92 Å². The summed E-state index contributed by atoms with van der Waals surface area (Å²) in [6.45, 7) is 2.40. The van der Waals surface area contributed by atoms with Crippen LogP contribution in [0.2, 0.25) is 5.15 Å². The molecule has 0 atom stereocenters. The molecular weight excluding hydrogens is 248 g/mol. The molecule has 0 aromatic carbocycles. The Kier molecular flexibility index (Phi) is 2.92. The van der Waals surface area contributed by atoms with E-state index in [-0.39, 0.29) is 29.1 Å². The number of nitrogens with one attached hydrogen (secondary N) is 1. The smallest absolute Gasteiger partial charge is 0.275 e. The Morgan fingerprint density at radius 3 is 2.88 bits per heavy atom. The average molecular weight is 258 g/mol. The van der Waals surface area contributed by atoms with Gasteiger partial charge in [-0.3, -0.25) is 0 Å². The molecule has 90 valence electrons. The quantitative estimate of drug-likeness (QED) is 0.829. The van der Waals surface area contributed by atoms with E-state index in [0.717, 1.165) is 0 Å². The molecule has 0 spiro atoms. The molecule has 1 aromatic rings. The molecule has 2 rings (SSSR count). The zero-order valence-electron chi connectivity index (χ0n) is 9.15. The summed E-state index contributed by atoms with van der Waals surface area (Å²) < 4.78 is 27.4. The number of aromatic nitrogens is 1. The maximum Gasteiger partial charge on any atom is 0.275 e. The number of hydrogen-bond acceptors (Lipinski definition) is 3. The summed E-state index contributed by atoms with van der Waals surface area (Å²) in [5.41, 5.74) is -0.0421. The second-order valence-corrected chi connectivity index (χ2v) is 4.18. The summed E-state index contributed by atoms with van der Waals surface area (Å²) in [5, 5.41) is 11.6. The van der Waals surface area contributed by atoms with Gasteiger partial charge < -0.3 is 5.32 Å². The van der Waals surface area contributed by atoms with Crippen molar-refractivity contribution in [2.24, 2.45) is 0 Å². The third-order valence-electron chi connectivity index (χ3n) is 2.76. The van der Waals surface area contributed by atoms with Crippen LogP contribution in [0.5, 0.6) is 0 Å². The molecule has 3 nitrogen and oxygen atoms in total. The van der Waals surface area contributed by atoms with Gasteiger partial charge in [0.15, 0.2) is 0 Å². The van der Waals surface area contributed by atoms with Crippen molar-refractivity contribution in [1.82, 2.24) is 4.98 Å². The Balaban J connectivity index is 2.70. The van der Waals surface area contributed by atoms with E-state index in [9.17, 15) is 8.78 Å². The fourth-order valence-corrected chi connectivity index (χ4v) is 2.28. The third kappa shape index (κ3) is 1.83. The Bertz CT molecular complexity index is 508. The topological polar surface area (TPSA) is 48.7 Å². The zero-order chi connectivity index (χ0) is 12.6. The normalized spacial score (nSPS) is 16.4. The van der Waals surface area contributed by atoms with Crippen LogP contribution in [0.25, 0.3) is 0 Å². The van der Waals surface area contributed by atoms with Crippen molar-refractivity contribution < 1.29 is 8.78 Å². The Hall–Kier alpha value is -1.41. The van der Waals surface area contributed by atoms with Crippen molar-refractivity contribution in [2.75, 3.05) is 11.9 Å². The minimum absolute atomic E-state index is 0.163. The van der Waals surface area contributed by atoms with E-state index >= 15 is 0 Å². The predicted molar refractivity (Wildman–Crippen MR) is 60.3 cm³/mol. The van der Waals surface area contributed by atoms with Gasteiger partial charge >= 0.3 is 0 Å². The van der Waals surface area contributed by atoms with E-state index in [1.54, 1.807) is 6.07 Å². The predicted octanol–water partition coefficient (Wildman–Crippen LogP) is 3.08. The van der Waals surface area contributed by atoms with Crippen molar-refractivity contribution in [3.8, 4) is 6.07 Å². The molecule has 0 saturated carbocycles. The molecule has 1 aliphatic carbocycles. The first kappa shape index (κ1) is 12.1. The molecule has 1 heterocycles. The number of pyridine rings is 1. The number of rotatable bonds is 2. The molecule has 0 amide bonds. The first-order chi connectivity index (χ1) is 8.01. The van der Waals surface area contributed by atoms with Gasteiger partial charge in [0.05, 0.1) is 5.56 Å². The van der Waals surface area contributed by atoms with Crippen LogP contribution < -0.4 is 5.32 Å². The molecule has 0 bridgehead atoms. The Morgan fingerprint density at radius 2 is 2.29 bits per heavy atom. The number of halogens is 3. The fraction of sp³-hybridized carbons (Fsp3) is 0.455. The van der Waals surface area contributed by atoms with Crippen LogP contribution in [0.3, 0.4) is 0 Å². The molecule has 0 aliphatic heterocycles. The van der Waals surface area contributed by atoms with Gasteiger partial charge in [-0.2, -0.15) is 5.26 Å². The molecule has 1 N–H and O–H groups in total. The van der Waals surface area contributed by atoms with Crippen molar-refractivity contribution >= 4 is 17.4 Å². The van der Waals surface area contributed by atoms with Gasteiger partial charge in [0.25, 0.3) is 5.92 Å². The first-order valence-corrected chi connectivity index (χ1v) is 5.63. The number of anilines is 1. The molecule has 1 aliphatic rings. The average Bonchev–Trinajstić information content (AvgIpc) is 2.57. The van der Waals surface area contributed by atoms with Gasteiger partial charge in [0.2, 0.25) is 0 Å². The zero-order valence-corrected chi connectivity index (χ0v) is 9.91. The lowest BCUT2D eigenvalue weighted by molar-refractivity contribution is -0.00210. The van der Waals surface area contributed by atoms with Gasteiger partial charge in [-0.25, -0.2) is 13.8 Å². The summed E-state index contributed by atoms with van der Waals surface area (Å²) in [7, 11) is 0. The van der Waals surface area contributed by atoms with Gasteiger partial charge in [-0.1, -0.05) is 11.6 Å². The van der Waals surface area contributed by atoms with Crippen LogP contribution >= 0.6 is 11.6 Å². The third-order valence-corrected chi connectivity index (χ3v) is 3.04. The van der Waals surface area contributed by atoms with Crippen LogP contribution in [0.15, 0.2) is 0 Å². The van der Waals surface area contributed by atoms with Crippen LogP contribution in [-0.2, 0) is 12.3 Å². The maximum atomic E-state index is 13.7. The highest BCUT2D eigenvalue weighted by atomic mass is 35.5. The molecule has 0 unspecified atom stereocenters. The van der Waals surface area contributed by atoms with E-state index in [2.05, 4.69) is 10.3 Å². The number of nitriles is 1. The van der Waals surface area contributed by atoms with E-state index in [0.29, 0.717) is 17.9 Å². The molecule has 0 fully saturated rings. The van der Waals surface area contributed by atoms with Crippen molar-refractivity contribution in [3.63, 3.8) is 0 Å². The number of nitrogens with zero attached hydrogens (tertiary/aromatic N) is 2. The van der Waals surface area contributed by atoms with Crippen molar-refractivity contribution in [3.05, 3.63) is 21.8 Å².